The molecular weight excluding hydrogens is 237 g/mol. The minimum Gasteiger partial charge on any atom is -0.306 e. The van der Waals surface area contributed by atoms with Crippen molar-refractivity contribution in [1.82, 2.24) is 0 Å². The van der Waals surface area contributed by atoms with E-state index in [1.54, 1.807) is 7.11 Å². The highest BCUT2D eigenvalue weighted by atomic mass is 31.2. The summed E-state index contributed by atoms with van der Waals surface area (Å²) in [4.78, 5) is 0. The van der Waals surface area contributed by atoms with E-state index < -0.39 is 7.74 Å². The maximum atomic E-state index is 5.73. The third-order valence-electron chi connectivity index (χ3n) is 2.46. The Bertz CT molecular complexity index is 417. The lowest BCUT2D eigenvalue weighted by atomic mass is 9.97. The van der Waals surface area contributed by atoms with Crippen LogP contribution in [0.4, 0.5) is 5.69 Å². The first kappa shape index (κ1) is 12.8. The lowest BCUT2D eigenvalue weighted by molar-refractivity contribution is 0.0263. The number of benzene rings is 1. The van der Waals surface area contributed by atoms with Crippen LogP contribution in [0.2, 0.25) is 0 Å². The fourth-order valence-corrected chi connectivity index (χ4v) is 3.36. The first-order chi connectivity index (χ1) is 8.05. The van der Waals surface area contributed by atoms with Crippen LogP contribution in [0.5, 0.6) is 0 Å². The molecule has 2 rings (SSSR count). The molecule has 0 unspecified atom stereocenters. The Labute approximate surface area is 102 Å². The van der Waals surface area contributed by atoms with Crippen molar-refractivity contribution in [3.63, 3.8) is 0 Å². The van der Waals surface area contributed by atoms with Crippen molar-refractivity contribution in [2.45, 2.75) is 13.8 Å². The van der Waals surface area contributed by atoms with Crippen molar-refractivity contribution < 1.29 is 13.6 Å². The van der Waals surface area contributed by atoms with Gasteiger partial charge in [-0.15, -0.1) is 0 Å². The second kappa shape index (κ2) is 4.91. The minimum atomic E-state index is -2.55. The maximum absolute atomic E-state index is 5.73. The molecule has 1 aliphatic rings. The van der Waals surface area contributed by atoms with Crippen LogP contribution in [0.3, 0.4) is 0 Å². The zero-order valence-corrected chi connectivity index (χ0v) is 11.3. The van der Waals surface area contributed by atoms with Crippen molar-refractivity contribution in [3.8, 4) is 0 Å². The molecular formula is C12H18NO3P. The van der Waals surface area contributed by atoms with Gasteiger partial charge in [0.25, 0.3) is 0 Å². The van der Waals surface area contributed by atoms with Gasteiger partial charge in [-0.25, -0.2) is 0 Å². The van der Waals surface area contributed by atoms with E-state index in [0.29, 0.717) is 13.2 Å². The van der Waals surface area contributed by atoms with Gasteiger partial charge in [-0.1, -0.05) is 32.0 Å². The summed E-state index contributed by atoms with van der Waals surface area (Å²) >= 11 is 0. The monoisotopic (exact) mass is 255 g/mol. The van der Waals surface area contributed by atoms with Gasteiger partial charge >= 0.3 is 7.74 Å². The molecule has 5 heteroatoms. The van der Waals surface area contributed by atoms with Crippen molar-refractivity contribution in [2.75, 3.05) is 20.3 Å². The van der Waals surface area contributed by atoms with E-state index in [4.69, 9.17) is 13.6 Å². The van der Waals surface area contributed by atoms with Gasteiger partial charge in [0, 0.05) is 12.5 Å². The molecule has 0 amide bonds. The summed E-state index contributed by atoms with van der Waals surface area (Å²) in [6.07, 6.45) is 0. The van der Waals surface area contributed by atoms with Gasteiger partial charge in [0.1, 0.15) is 0 Å². The second-order valence-corrected chi connectivity index (χ2v) is 6.82. The van der Waals surface area contributed by atoms with E-state index >= 15 is 0 Å². The fraction of sp³-hybridized carbons (Fsp3) is 0.500. The molecule has 4 nitrogen and oxygen atoms in total. The topological polar surface area (TPSA) is 40.0 Å². The van der Waals surface area contributed by atoms with Crippen LogP contribution >= 0.6 is 7.74 Å². The first-order valence-corrected chi connectivity index (χ1v) is 7.07. The summed E-state index contributed by atoms with van der Waals surface area (Å²) in [6, 6.07) is 9.63. The summed E-state index contributed by atoms with van der Waals surface area (Å²) in [5.41, 5.74) is 0.844. The summed E-state index contributed by atoms with van der Waals surface area (Å²) in [6.45, 7) is 5.40. The lowest BCUT2D eigenvalue weighted by Gasteiger charge is -2.35. The molecule has 0 atom stereocenters. The van der Waals surface area contributed by atoms with Crippen LogP contribution in [0.25, 0.3) is 0 Å². The van der Waals surface area contributed by atoms with Gasteiger partial charge in [-0.2, -0.15) is 4.74 Å². The number of hydrogen-bond donors (Lipinski definition) is 0. The summed E-state index contributed by atoms with van der Waals surface area (Å²) in [5.74, 6) is 0. The molecule has 1 fully saturated rings. The van der Waals surface area contributed by atoms with Crippen LogP contribution < -0.4 is 0 Å². The van der Waals surface area contributed by atoms with Gasteiger partial charge in [-0.05, 0) is 12.1 Å². The van der Waals surface area contributed by atoms with E-state index in [1.807, 2.05) is 30.3 Å². The van der Waals surface area contributed by atoms with Gasteiger partial charge in [0.15, 0.2) is 0 Å². The SMILES string of the molecule is COP1(=Nc2ccccc2)OCC(C)(C)CO1. The molecule has 1 aliphatic heterocycles. The summed E-state index contributed by atoms with van der Waals surface area (Å²) < 4.78 is 21.3. The van der Waals surface area contributed by atoms with Crippen molar-refractivity contribution in [1.29, 1.82) is 0 Å². The fourth-order valence-electron chi connectivity index (χ4n) is 1.43. The van der Waals surface area contributed by atoms with E-state index in [-0.39, 0.29) is 5.41 Å². The van der Waals surface area contributed by atoms with Crippen molar-refractivity contribution >= 4 is 13.4 Å². The minimum absolute atomic E-state index is 0.0221. The first-order valence-electron chi connectivity index (χ1n) is 5.57. The molecule has 1 saturated heterocycles. The van der Waals surface area contributed by atoms with E-state index in [9.17, 15) is 0 Å². The molecule has 17 heavy (non-hydrogen) atoms. The molecule has 0 aromatic heterocycles. The Balaban J connectivity index is 2.25. The molecule has 0 radical (unpaired) electrons. The Kier molecular flexibility index (Phi) is 3.69. The molecule has 0 spiro atoms. The van der Waals surface area contributed by atoms with Crippen LogP contribution in [0, 0.1) is 5.41 Å². The Morgan fingerprint density at radius 2 is 1.76 bits per heavy atom. The van der Waals surface area contributed by atoms with Gasteiger partial charge < -0.3 is 13.6 Å². The smallest absolute Gasteiger partial charge is 0.306 e. The van der Waals surface area contributed by atoms with Gasteiger partial charge in [0.2, 0.25) is 0 Å². The second-order valence-electron chi connectivity index (χ2n) is 4.80. The highest BCUT2D eigenvalue weighted by Crippen LogP contribution is 2.58. The molecule has 1 heterocycles. The Morgan fingerprint density at radius 3 is 2.29 bits per heavy atom. The van der Waals surface area contributed by atoms with Gasteiger partial charge in [-0.3, -0.25) is 0 Å². The summed E-state index contributed by atoms with van der Waals surface area (Å²) in [5, 5.41) is 0. The molecule has 1 aromatic rings. The van der Waals surface area contributed by atoms with Crippen LogP contribution in [-0.4, -0.2) is 20.3 Å². The van der Waals surface area contributed by atoms with Crippen LogP contribution in [0.1, 0.15) is 13.8 Å². The third-order valence-corrected chi connectivity index (χ3v) is 4.31. The number of rotatable bonds is 2. The molecule has 0 saturated carbocycles. The van der Waals surface area contributed by atoms with Crippen LogP contribution in [-0.2, 0) is 13.6 Å². The number of nitrogens with zero attached hydrogens (tertiary/aromatic N) is 1. The zero-order valence-electron chi connectivity index (χ0n) is 10.4. The average molecular weight is 255 g/mol. The standard InChI is InChI=1S/C12H18NO3P/c1-12(2)9-15-17(14-3,16-10-12)13-11-7-5-4-6-8-11/h4-8H,9-10H2,1-3H3. The predicted octanol–water partition coefficient (Wildman–Crippen LogP) is 3.98. The molecule has 0 N–H and O–H groups in total. The number of hydrogen-bond acceptors (Lipinski definition) is 4. The molecule has 0 aliphatic carbocycles. The van der Waals surface area contributed by atoms with Crippen LogP contribution in [0.15, 0.2) is 35.1 Å². The van der Waals surface area contributed by atoms with Crippen molar-refractivity contribution in [2.24, 2.45) is 10.2 Å². The highest BCUT2D eigenvalue weighted by molar-refractivity contribution is 7.51. The summed E-state index contributed by atoms with van der Waals surface area (Å²) in [7, 11) is -0.966. The van der Waals surface area contributed by atoms with Gasteiger partial charge in [0.05, 0.1) is 18.9 Å². The zero-order chi connectivity index (χ0) is 12.4. The lowest BCUT2D eigenvalue weighted by Crippen LogP contribution is -2.29. The largest absolute Gasteiger partial charge is 0.360 e. The highest BCUT2D eigenvalue weighted by Gasteiger charge is 2.35. The normalized spacial score (nSPS) is 22.1. The average Bonchev–Trinajstić information content (AvgIpc) is 2.34. The quantitative estimate of drug-likeness (QED) is 0.750. The van der Waals surface area contributed by atoms with E-state index in [0.717, 1.165) is 5.69 Å². The predicted molar refractivity (Wildman–Crippen MR) is 68.1 cm³/mol. The van der Waals surface area contributed by atoms with Crippen molar-refractivity contribution in [3.05, 3.63) is 30.3 Å². The van der Waals surface area contributed by atoms with E-state index in [1.165, 1.54) is 0 Å². The molecule has 94 valence electrons. The third kappa shape index (κ3) is 3.17. The molecule has 1 aromatic carbocycles. The Hall–Kier alpha value is -0.670. The molecule has 0 bridgehead atoms. The maximum Gasteiger partial charge on any atom is 0.360 e. The van der Waals surface area contributed by atoms with E-state index in [2.05, 4.69) is 18.6 Å². The Morgan fingerprint density at radius 1 is 1.18 bits per heavy atom.